The second-order valence-corrected chi connectivity index (χ2v) is 7.62. The molecule has 26 heavy (non-hydrogen) atoms. The number of benzene rings is 2. The largest absolute Gasteiger partial charge is 0.350 e. The van der Waals surface area contributed by atoms with Gasteiger partial charge in [-0.2, -0.15) is 0 Å². The molecule has 0 aliphatic carbocycles. The minimum atomic E-state index is 0.306. The smallest absolute Gasteiger partial charge is 0.173 e. The van der Waals surface area contributed by atoms with E-state index in [1.165, 1.54) is 27.6 Å². The SMILES string of the molecule is Cc1ccc(NC(=S)N(Cc2cn(C)c3ccccc23)C(C)C)cc1C. The van der Waals surface area contributed by atoms with E-state index in [1.54, 1.807) is 0 Å². The normalized spacial score (nSPS) is 11.2. The van der Waals surface area contributed by atoms with Gasteiger partial charge >= 0.3 is 0 Å². The van der Waals surface area contributed by atoms with E-state index >= 15 is 0 Å². The molecule has 0 saturated carbocycles. The van der Waals surface area contributed by atoms with Crippen molar-refractivity contribution in [2.45, 2.75) is 40.3 Å². The minimum absolute atomic E-state index is 0.306. The summed E-state index contributed by atoms with van der Waals surface area (Å²) in [6.07, 6.45) is 2.21. The molecule has 0 atom stereocenters. The van der Waals surface area contributed by atoms with Crippen LogP contribution < -0.4 is 5.32 Å². The first kappa shape index (κ1) is 18.5. The zero-order chi connectivity index (χ0) is 18.8. The number of nitrogens with zero attached hydrogens (tertiary/aromatic N) is 2. The van der Waals surface area contributed by atoms with Crippen LogP contribution in [0.4, 0.5) is 5.69 Å². The molecule has 1 aromatic heterocycles. The van der Waals surface area contributed by atoms with Crippen LogP contribution >= 0.6 is 12.2 Å². The maximum absolute atomic E-state index is 5.75. The molecule has 0 saturated heterocycles. The summed E-state index contributed by atoms with van der Waals surface area (Å²) in [6.45, 7) is 9.40. The molecule has 3 rings (SSSR count). The van der Waals surface area contributed by atoms with Crippen molar-refractivity contribution >= 4 is 33.9 Å². The van der Waals surface area contributed by atoms with Gasteiger partial charge in [-0.05, 0) is 74.8 Å². The average Bonchev–Trinajstić information content (AvgIpc) is 2.92. The Morgan fingerprint density at radius 1 is 1.12 bits per heavy atom. The standard InChI is InChI=1S/C22H27N3S/c1-15(2)25(22(26)23-19-11-10-16(3)17(4)12-19)14-18-13-24(5)21-9-7-6-8-20(18)21/h6-13,15H,14H2,1-5H3,(H,23,26). The minimum Gasteiger partial charge on any atom is -0.350 e. The number of aryl methyl sites for hydroxylation is 3. The van der Waals surface area contributed by atoms with Crippen molar-refractivity contribution in [3.8, 4) is 0 Å². The predicted octanol–water partition coefficient (Wildman–Crippen LogP) is 5.40. The van der Waals surface area contributed by atoms with Gasteiger partial charge in [0.15, 0.2) is 5.11 Å². The Hall–Kier alpha value is -2.33. The lowest BCUT2D eigenvalue weighted by atomic mass is 10.1. The van der Waals surface area contributed by atoms with Gasteiger partial charge < -0.3 is 14.8 Å². The summed E-state index contributed by atoms with van der Waals surface area (Å²) in [5.41, 5.74) is 6.14. The first-order valence-corrected chi connectivity index (χ1v) is 9.45. The van der Waals surface area contributed by atoms with Crippen LogP contribution in [0.1, 0.15) is 30.5 Å². The Balaban J connectivity index is 1.84. The molecule has 0 amide bonds. The summed E-state index contributed by atoms with van der Waals surface area (Å²) in [4.78, 5) is 2.24. The molecule has 0 radical (unpaired) electrons. The fourth-order valence-electron chi connectivity index (χ4n) is 3.24. The first-order chi connectivity index (χ1) is 12.4. The number of hydrogen-bond acceptors (Lipinski definition) is 1. The Morgan fingerprint density at radius 3 is 2.54 bits per heavy atom. The molecule has 0 unspecified atom stereocenters. The van der Waals surface area contributed by atoms with E-state index in [0.717, 1.165) is 17.3 Å². The molecule has 1 heterocycles. The second-order valence-electron chi connectivity index (χ2n) is 7.23. The lowest BCUT2D eigenvalue weighted by molar-refractivity contribution is 0.349. The van der Waals surface area contributed by atoms with Gasteiger partial charge in [0.05, 0.1) is 0 Å². The van der Waals surface area contributed by atoms with Gasteiger partial charge in [-0.25, -0.2) is 0 Å². The first-order valence-electron chi connectivity index (χ1n) is 9.04. The summed E-state index contributed by atoms with van der Waals surface area (Å²) < 4.78 is 2.18. The van der Waals surface area contributed by atoms with Crippen LogP contribution in [-0.4, -0.2) is 20.6 Å². The van der Waals surface area contributed by atoms with Crippen molar-refractivity contribution in [3.63, 3.8) is 0 Å². The number of rotatable bonds is 4. The van der Waals surface area contributed by atoms with E-state index in [2.05, 4.69) is 98.2 Å². The van der Waals surface area contributed by atoms with E-state index in [0.29, 0.717) is 6.04 Å². The highest BCUT2D eigenvalue weighted by Crippen LogP contribution is 2.23. The molecule has 1 N–H and O–H groups in total. The monoisotopic (exact) mass is 365 g/mol. The van der Waals surface area contributed by atoms with Crippen molar-refractivity contribution in [3.05, 3.63) is 65.4 Å². The van der Waals surface area contributed by atoms with Crippen LogP contribution in [0.2, 0.25) is 0 Å². The molecule has 0 aliphatic heterocycles. The second kappa shape index (κ2) is 7.50. The maximum Gasteiger partial charge on any atom is 0.173 e. The number of anilines is 1. The summed E-state index contributed by atoms with van der Waals surface area (Å²) >= 11 is 5.75. The Bertz CT molecular complexity index is 940. The third kappa shape index (κ3) is 3.75. The fourth-order valence-corrected chi connectivity index (χ4v) is 3.63. The molecule has 3 aromatic rings. The van der Waals surface area contributed by atoms with E-state index in [9.17, 15) is 0 Å². The van der Waals surface area contributed by atoms with Gasteiger partial charge in [0.25, 0.3) is 0 Å². The van der Waals surface area contributed by atoms with Crippen molar-refractivity contribution in [2.75, 3.05) is 5.32 Å². The van der Waals surface area contributed by atoms with E-state index in [-0.39, 0.29) is 0 Å². The molecular weight excluding hydrogens is 338 g/mol. The number of fused-ring (bicyclic) bond motifs is 1. The molecule has 2 aromatic carbocycles. The van der Waals surface area contributed by atoms with Crippen molar-refractivity contribution < 1.29 is 0 Å². The van der Waals surface area contributed by atoms with E-state index in [4.69, 9.17) is 12.2 Å². The molecule has 0 spiro atoms. The summed E-state index contributed by atoms with van der Waals surface area (Å²) in [7, 11) is 2.09. The zero-order valence-corrected chi connectivity index (χ0v) is 17.0. The number of para-hydroxylation sites is 1. The van der Waals surface area contributed by atoms with E-state index in [1.807, 2.05) is 0 Å². The number of thiocarbonyl (C=S) groups is 1. The van der Waals surface area contributed by atoms with Crippen LogP contribution in [0.3, 0.4) is 0 Å². The summed E-state index contributed by atoms with van der Waals surface area (Å²) in [5.74, 6) is 0. The molecule has 0 bridgehead atoms. The molecular formula is C22H27N3S. The van der Waals surface area contributed by atoms with Crippen LogP contribution in [0.15, 0.2) is 48.7 Å². The van der Waals surface area contributed by atoms with Crippen molar-refractivity contribution in [2.24, 2.45) is 7.05 Å². The highest BCUT2D eigenvalue weighted by atomic mass is 32.1. The fraction of sp³-hybridized carbons (Fsp3) is 0.318. The van der Waals surface area contributed by atoms with Crippen molar-refractivity contribution in [1.29, 1.82) is 0 Å². The molecule has 3 nitrogen and oxygen atoms in total. The summed E-state index contributed by atoms with van der Waals surface area (Å²) in [5, 5.41) is 5.46. The summed E-state index contributed by atoms with van der Waals surface area (Å²) in [6, 6.07) is 15.2. The number of nitrogens with one attached hydrogen (secondary N) is 1. The zero-order valence-electron chi connectivity index (χ0n) is 16.2. The Labute approximate surface area is 161 Å². The average molecular weight is 366 g/mol. The van der Waals surface area contributed by atoms with Gasteiger partial charge in [0.2, 0.25) is 0 Å². The van der Waals surface area contributed by atoms with Gasteiger partial charge in [0.1, 0.15) is 0 Å². The lowest BCUT2D eigenvalue weighted by Gasteiger charge is -2.29. The quantitative estimate of drug-likeness (QED) is 0.625. The lowest BCUT2D eigenvalue weighted by Crippen LogP contribution is -2.39. The third-order valence-corrected chi connectivity index (χ3v) is 5.30. The molecule has 0 aliphatic rings. The maximum atomic E-state index is 5.75. The highest BCUT2D eigenvalue weighted by molar-refractivity contribution is 7.80. The Morgan fingerprint density at radius 2 is 1.85 bits per heavy atom. The van der Waals surface area contributed by atoms with Gasteiger partial charge in [-0.1, -0.05) is 24.3 Å². The predicted molar refractivity (Wildman–Crippen MR) is 116 cm³/mol. The van der Waals surface area contributed by atoms with Crippen LogP contribution in [0, 0.1) is 13.8 Å². The number of hydrogen-bond donors (Lipinski definition) is 1. The molecule has 136 valence electrons. The highest BCUT2D eigenvalue weighted by Gasteiger charge is 2.17. The third-order valence-electron chi connectivity index (χ3n) is 4.96. The van der Waals surface area contributed by atoms with E-state index < -0.39 is 0 Å². The van der Waals surface area contributed by atoms with Crippen LogP contribution in [-0.2, 0) is 13.6 Å². The van der Waals surface area contributed by atoms with Crippen molar-refractivity contribution in [1.82, 2.24) is 9.47 Å². The van der Waals surface area contributed by atoms with Gasteiger partial charge in [-0.3, -0.25) is 0 Å². The molecule has 4 heteroatoms. The van der Waals surface area contributed by atoms with Gasteiger partial charge in [0, 0.05) is 42.4 Å². The van der Waals surface area contributed by atoms with Crippen LogP contribution in [0.5, 0.6) is 0 Å². The topological polar surface area (TPSA) is 20.2 Å². The van der Waals surface area contributed by atoms with Crippen LogP contribution in [0.25, 0.3) is 10.9 Å². The van der Waals surface area contributed by atoms with Gasteiger partial charge in [-0.15, -0.1) is 0 Å². The number of aromatic nitrogens is 1. The molecule has 0 fully saturated rings. The Kier molecular flexibility index (Phi) is 5.33.